The van der Waals surface area contributed by atoms with Crippen LogP contribution in [0.3, 0.4) is 0 Å². The summed E-state index contributed by atoms with van der Waals surface area (Å²) in [5, 5.41) is 12.7. The zero-order valence-electron chi connectivity index (χ0n) is 16.2. The maximum absolute atomic E-state index is 12.5. The fraction of sp³-hybridized carbons (Fsp3) is 0.300. The molecule has 0 radical (unpaired) electrons. The van der Waals surface area contributed by atoms with Gasteiger partial charge in [0.05, 0.1) is 5.25 Å². The van der Waals surface area contributed by atoms with Crippen LogP contribution in [0.5, 0.6) is 0 Å². The number of benzene rings is 1. The highest BCUT2D eigenvalue weighted by Gasteiger charge is 2.24. The molecule has 6 nitrogen and oxygen atoms in total. The molecular formula is C20H22ClN5OS. The Hall–Kier alpha value is -2.38. The van der Waals surface area contributed by atoms with E-state index in [1.54, 1.807) is 12.4 Å². The van der Waals surface area contributed by atoms with Gasteiger partial charge in [0, 0.05) is 34.2 Å². The number of halogens is 1. The largest absolute Gasteiger partial charge is 0.351 e. The highest BCUT2D eigenvalue weighted by Crippen LogP contribution is 2.30. The van der Waals surface area contributed by atoms with Crippen LogP contribution in [0.4, 0.5) is 0 Å². The first-order valence-corrected chi connectivity index (χ1v) is 10.1. The van der Waals surface area contributed by atoms with Gasteiger partial charge in [0.15, 0.2) is 11.0 Å². The van der Waals surface area contributed by atoms with Crippen molar-refractivity contribution in [2.75, 3.05) is 0 Å². The molecule has 28 heavy (non-hydrogen) atoms. The number of nitrogens with zero attached hydrogens (tertiary/aromatic N) is 4. The number of hydrogen-bond acceptors (Lipinski definition) is 5. The fourth-order valence-electron chi connectivity index (χ4n) is 2.54. The Balaban J connectivity index is 1.98. The van der Waals surface area contributed by atoms with Crippen LogP contribution < -0.4 is 5.32 Å². The number of thioether (sulfide) groups is 1. The summed E-state index contributed by atoms with van der Waals surface area (Å²) in [6.45, 7) is 7.73. The lowest BCUT2D eigenvalue weighted by atomic mass is 10.1. The number of amides is 1. The Labute approximate surface area is 173 Å². The molecule has 0 saturated heterocycles. The number of carbonyl (C=O) groups is 1. The third-order valence-electron chi connectivity index (χ3n) is 3.81. The molecule has 1 aromatic carbocycles. The van der Waals surface area contributed by atoms with Gasteiger partial charge in [-0.2, -0.15) is 0 Å². The van der Waals surface area contributed by atoms with E-state index in [1.165, 1.54) is 11.8 Å². The Morgan fingerprint density at radius 1 is 1.11 bits per heavy atom. The van der Waals surface area contributed by atoms with Crippen molar-refractivity contribution in [2.45, 2.75) is 43.6 Å². The highest BCUT2D eigenvalue weighted by molar-refractivity contribution is 8.00. The smallest absolute Gasteiger partial charge is 0.233 e. The molecule has 146 valence electrons. The van der Waals surface area contributed by atoms with Gasteiger partial charge in [-0.3, -0.25) is 14.3 Å². The molecule has 0 aliphatic heterocycles. The monoisotopic (exact) mass is 415 g/mol. The van der Waals surface area contributed by atoms with Gasteiger partial charge < -0.3 is 5.32 Å². The van der Waals surface area contributed by atoms with Gasteiger partial charge in [-0.05, 0) is 64.1 Å². The Morgan fingerprint density at radius 3 is 2.36 bits per heavy atom. The molecule has 0 saturated carbocycles. The molecule has 3 rings (SSSR count). The fourth-order valence-corrected chi connectivity index (χ4v) is 3.53. The number of hydrogen-bond donors (Lipinski definition) is 1. The van der Waals surface area contributed by atoms with Crippen molar-refractivity contribution in [1.82, 2.24) is 25.1 Å². The maximum atomic E-state index is 12.5. The van der Waals surface area contributed by atoms with E-state index >= 15 is 0 Å². The zero-order valence-corrected chi connectivity index (χ0v) is 17.8. The second-order valence-electron chi connectivity index (χ2n) is 7.35. The molecule has 0 unspecified atom stereocenters. The van der Waals surface area contributed by atoms with Crippen LogP contribution in [0.25, 0.3) is 17.1 Å². The quantitative estimate of drug-likeness (QED) is 0.626. The molecule has 0 aliphatic rings. The number of aromatic nitrogens is 4. The van der Waals surface area contributed by atoms with Gasteiger partial charge in [0.2, 0.25) is 5.91 Å². The second-order valence-corrected chi connectivity index (χ2v) is 9.10. The molecular weight excluding hydrogens is 394 g/mol. The van der Waals surface area contributed by atoms with Crippen molar-refractivity contribution >= 4 is 29.3 Å². The summed E-state index contributed by atoms with van der Waals surface area (Å²) >= 11 is 7.41. The van der Waals surface area contributed by atoms with Gasteiger partial charge >= 0.3 is 0 Å². The highest BCUT2D eigenvalue weighted by atomic mass is 35.5. The van der Waals surface area contributed by atoms with Crippen LogP contribution in [0, 0.1) is 0 Å². The first-order valence-electron chi connectivity index (χ1n) is 8.85. The Bertz CT molecular complexity index is 951. The number of nitrogens with one attached hydrogen (secondary N) is 1. The van der Waals surface area contributed by atoms with Crippen LogP contribution in [0.1, 0.15) is 27.7 Å². The minimum absolute atomic E-state index is 0.0476. The van der Waals surface area contributed by atoms with Gasteiger partial charge in [0.25, 0.3) is 0 Å². The molecule has 0 spiro atoms. The topological polar surface area (TPSA) is 72.7 Å². The van der Waals surface area contributed by atoms with Crippen LogP contribution >= 0.6 is 23.4 Å². The Kier molecular flexibility index (Phi) is 6.05. The summed E-state index contributed by atoms with van der Waals surface area (Å²) in [6.07, 6.45) is 3.42. The molecule has 0 bridgehead atoms. The molecule has 0 fully saturated rings. The number of carbonyl (C=O) groups excluding carboxylic acids is 1. The van der Waals surface area contributed by atoms with Crippen LogP contribution in [0.2, 0.25) is 5.02 Å². The summed E-state index contributed by atoms with van der Waals surface area (Å²) in [7, 11) is 0. The van der Waals surface area contributed by atoms with E-state index in [-0.39, 0.29) is 16.7 Å². The average molecular weight is 416 g/mol. The van der Waals surface area contributed by atoms with Crippen molar-refractivity contribution < 1.29 is 4.79 Å². The molecule has 1 N–H and O–H groups in total. The summed E-state index contributed by atoms with van der Waals surface area (Å²) in [5.41, 5.74) is 1.46. The lowest BCUT2D eigenvalue weighted by molar-refractivity contribution is -0.121. The van der Waals surface area contributed by atoms with Gasteiger partial charge in [0.1, 0.15) is 0 Å². The minimum Gasteiger partial charge on any atom is -0.351 e. The van der Waals surface area contributed by atoms with Gasteiger partial charge in [-0.25, -0.2) is 0 Å². The molecule has 0 aliphatic carbocycles. The van der Waals surface area contributed by atoms with Gasteiger partial charge in [-0.1, -0.05) is 23.4 Å². The number of pyridine rings is 1. The normalized spacial score (nSPS) is 12.6. The van der Waals surface area contributed by atoms with E-state index in [0.717, 1.165) is 11.3 Å². The van der Waals surface area contributed by atoms with E-state index in [2.05, 4.69) is 20.5 Å². The standard InChI is InChI=1S/C20H22ClN5OS/c1-13(18(27)23-20(2,3)4)28-19-25-24-17(14-9-11-22-12-10-14)26(19)16-7-5-15(21)6-8-16/h5-13H,1-4H3,(H,23,27)/t13-/m1/s1. The van der Waals surface area contributed by atoms with E-state index < -0.39 is 0 Å². The predicted molar refractivity (Wildman–Crippen MR) is 113 cm³/mol. The average Bonchev–Trinajstić information content (AvgIpc) is 3.05. The summed E-state index contributed by atoms with van der Waals surface area (Å²) in [5.74, 6) is 0.629. The van der Waals surface area contributed by atoms with Crippen molar-refractivity contribution in [1.29, 1.82) is 0 Å². The molecule has 2 heterocycles. The molecule has 8 heteroatoms. The van der Waals surface area contributed by atoms with Gasteiger partial charge in [-0.15, -0.1) is 10.2 Å². The Morgan fingerprint density at radius 2 is 1.75 bits per heavy atom. The second kappa shape index (κ2) is 8.32. The van der Waals surface area contributed by atoms with Crippen molar-refractivity contribution in [2.24, 2.45) is 0 Å². The van der Waals surface area contributed by atoms with Crippen molar-refractivity contribution in [3.05, 3.63) is 53.8 Å². The molecule has 1 atom stereocenters. The molecule has 3 aromatic rings. The minimum atomic E-state index is -0.334. The third kappa shape index (κ3) is 4.91. The van der Waals surface area contributed by atoms with Crippen LogP contribution in [-0.4, -0.2) is 36.4 Å². The van der Waals surface area contributed by atoms with Crippen LogP contribution in [0.15, 0.2) is 53.9 Å². The van der Waals surface area contributed by atoms with E-state index in [0.29, 0.717) is 16.0 Å². The summed E-state index contributed by atoms with van der Waals surface area (Å²) in [4.78, 5) is 16.6. The molecule has 1 amide bonds. The zero-order chi connectivity index (χ0) is 20.3. The number of rotatable bonds is 5. The van der Waals surface area contributed by atoms with E-state index in [9.17, 15) is 4.79 Å². The maximum Gasteiger partial charge on any atom is 0.233 e. The van der Waals surface area contributed by atoms with Crippen molar-refractivity contribution in [3.8, 4) is 17.1 Å². The van der Waals surface area contributed by atoms with Crippen LogP contribution in [-0.2, 0) is 4.79 Å². The van der Waals surface area contributed by atoms with Crippen molar-refractivity contribution in [3.63, 3.8) is 0 Å². The SMILES string of the molecule is C[C@@H](Sc1nnc(-c2ccncc2)n1-c1ccc(Cl)cc1)C(=O)NC(C)(C)C. The summed E-state index contributed by atoms with van der Waals surface area (Å²) in [6, 6.07) is 11.2. The predicted octanol–water partition coefficient (Wildman–Crippen LogP) is 4.38. The lowest BCUT2D eigenvalue weighted by Crippen LogP contribution is -2.44. The summed E-state index contributed by atoms with van der Waals surface area (Å²) < 4.78 is 1.93. The first-order chi connectivity index (χ1) is 13.2. The van der Waals surface area contributed by atoms with E-state index in [1.807, 2.05) is 68.7 Å². The molecule has 2 aromatic heterocycles. The lowest BCUT2D eigenvalue weighted by Gasteiger charge is -2.23. The first kappa shape index (κ1) is 20.4. The third-order valence-corrected chi connectivity index (χ3v) is 5.10. The van der Waals surface area contributed by atoms with E-state index in [4.69, 9.17) is 11.6 Å².